The summed E-state index contributed by atoms with van der Waals surface area (Å²) in [6, 6.07) is 11.1. The van der Waals surface area contributed by atoms with Gasteiger partial charge in [-0.3, -0.25) is 4.90 Å². The Morgan fingerprint density at radius 2 is 1.76 bits per heavy atom. The average molecular weight is 512 g/mol. The summed E-state index contributed by atoms with van der Waals surface area (Å²) in [5.41, 5.74) is 1.41. The highest BCUT2D eigenvalue weighted by molar-refractivity contribution is 6.32. The van der Waals surface area contributed by atoms with Crippen LogP contribution >= 0.6 is 23.2 Å². The number of urea groups is 2. The fraction of sp³-hybridized carbons (Fsp3) is 0.391. The summed E-state index contributed by atoms with van der Waals surface area (Å²) in [6.07, 6.45) is -0.803. The number of nitrogens with one attached hydrogen (secondary N) is 1. The summed E-state index contributed by atoms with van der Waals surface area (Å²) in [5, 5.41) is 24.4. The molecule has 2 aromatic rings. The number of benzene rings is 2. The molecule has 1 atom stereocenters. The second-order valence-corrected chi connectivity index (χ2v) is 9.13. The van der Waals surface area contributed by atoms with Crippen molar-refractivity contribution in [3.8, 4) is 5.75 Å². The van der Waals surface area contributed by atoms with Gasteiger partial charge in [-0.05, 0) is 49.7 Å². The zero-order chi connectivity index (χ0) is 24.8. The predicted molar refractivity (Wildman–Crippen MR) is 129 cm³/mol. The van der Waals surface area contributed by atoms with Crippen molar-refractivity contribution in [2.24, 2.45) is 5.92 Å². The number of nitrogens with zero attached hydrogens (tertiary/aromatic N) is 2. The molecule has 0 saturated carbocycles. The van der Waals surface area contributed by atoms with Crippen LogP contribution in [0.5, 0.6) is 5.75 Å². The summed E-state index contributed by atoms with van der Waals surface area (Å²) in [7, 11) is 0. The number of hydrogen-bond donors (Lipinski definition) is 4. The minimum Gasteiger partial charge on any atom is -0.489 e. The smallest absolute Gasteiger partial charge is 0.427 e. The molecule has 0 bridgehead atoms. The predicted octanol–water partition coefficient (Wildman–Crippen LogP) is 2.70. The maximum absolute atomic E-state index is 13.4. The lowest BCUT2D eigenvalue weighted by Crippen LogP contribution is -3.03. The highest BCUT2D eigenvalue weighted by atomic mass is 35.5. The Hall–Kier alpha value is -2.56. The average Bonchev–Trinajstić information content (AvgIpc) is 2.79. The van der Waals surface area contributed by atoms with Crippen LogP contribution in [0.2, 0.25) is 10.0 Å². The molecule has 0 aliphatic carbocycles. The third-order valence-electron chi connectivity index (χ3n) is 5.21. The van der Waals surface area contributed by atoms with Gasteiger partial charge < -0.3 is 20.3 Å². The number of carbonyl (C=O) groups excluding carboxylic acids is 2. The summed E-state index contributed by atoms with van der Waals surface area (Å²) < 4.78 is 5.66. The lowest BCUT2D eigenvalue weighted by Gasteiger charge is -2.38. The minimum atomic E-state index is -0.762. The molecular formula is C23H29Cl2N4O5+. The molecule has 5 N–H and O–H groups in total. The summed E-state index contributed by atoms with van der Waals surface area (Å²) in [5.74, 6) is -0.0965. The molecular weight excluding hydrogens is 483 g/mol. The Morgan fingerprint density at radius 1 is 1.09 bits per heavy atom. The molecule has 1 heterocycles. The number of aliphatic hydroxyl groups is 2. The van der Waals surface area contributed by atoms with Gasteiger partial charge in [0.05, 0.1) is 17.7 Å². The normalized spacial score (nSPS) is 16.5. The number of aliphatic hydroxyl groups excluding tert-OH is 2. The monoisotopic (exact) mass is 511 g/mol. The number of nitrogens with two attached hydrogens (primary N) is 1. The van der Waals surface area contributed by atoms with E-state index in [1.54, 1.807) is 42.5 Å². The number of imide groups is 1. The second kappa shape index (κ2) is 11.7. The first kappa shape index (κ1) is 26.1. The molecule has 0 radical (unpaired) electrons. The Bertz CT molecular complexity index is 1000. The van der Waals surface area contributed by atoms with Crippen molar-refractivity contribution in [3.63, 3.8) is 0 Å². The van der Waals surface area contributed by atoms with Crippen molar-refractivity contribution in [3.05, 3.63) is 58.1 Å². The van der Waals surface area contributed by atoms with E-state index in [0.29, 0.717) is 21.5 Å². The van der Waals surface area contributed by atoms with Gasteiger partial charge in [0.1, 0.15) is 5.75 Å². The lowest BCUT2D eigenvalue weighted by molar-refractivity contribution is -0.621. The molecule has 34 heavy (non-hydrogen) atoms. The minimum absolute atomic E-state index is 0.0410. The quantitative estimate of drug-likeness (QED) is 0.389. The van der Waals surface area contributed by atoms with Gasteiger partial charge in [-0.1, -0.05) is 35.3 Å². The number of halogens is 2. The van der Waals surface area contributed by atoms with Crippen LogP contribution < -0.4 is 15.4 Å². The van der Waals surface area contributed by atoms with Gasteiger partial charge >= 0.3 is 12.1 Å². The van der Waals surface area contributed by atoms with Crippen molar-refractivity contribution in [2.75, 3.05) is 25.1 Å². The van der Waals surface area contributed by atoms with E-state index in [0.717, 1.165) is 10.5 Å². The van der Waals surface area contributed by atoms with Crippen molar-refractivity contribution in [2.45, 2.75) is 32.8 Å². The summed E-state index contributed by atoms with van der Waals surface area (Å²) in [6.45, 7) is 3.19. The zero-order valence-electron chi connectivity index (χ0n) is 18.9. The summed E-state index contributed by atoms with van der Waals surface area (Å²) in [4.78, 5) is 28.7. The fourth-order valence-electron chi connectivity index (χ4n) is 3.47. The van der Waals surface area contributed by atoms with Crippen molar-refractivity contribution < 1.29 is 29.9 Å². The number of amides is 4. The van der Waals surface area contributed by atoms with E-state index in [9.17, 15) is 19.8 Å². The number of rotatable bonds is 10. The molecule has 9 nitrogen and oxygen atoms in total. The Labute approximate surface area is 208 Å². The van der Waals surface area contributed by atoms with Crippen molar-refractivity contribution in [1.29, 1.82) is 0 Å². The molecule has 4 amide bonds. The van der Waals surface area contributed by atoms with Crippen molar-refractivity contribution >= 4 is 41.0 Å². The maximum atomic E-state index is 13.4. The summed E-state index contributed by atoms with van der Waals surface area (Å²) >= 11 is 12.3. The topological polar surface area (TPSA) is 119 Å². The fourth-order valence-corrected chi connectivity index (χ4v) is 3.82. The number of hydrogen-bond acceptors (Lipinski definition) is 6. The van der Waals surface area contributed by atoms with Crippen LogP contribution in [0.1, 0.15) is 19.4 Å². The van der Waals surface area contributed by atoms with Crippen LogP contribution in [0.4, 0.5) is 15.3 Å². The molecule has 1 unspecified atom stereocenters. The van der Waals surface area contributed by atoms with E-state index in [1.807, 2.05) is 13.8 Å². The van der Waals surface area contributed by atoms with Gasteiger partial charge in [-0.25, -0.2) is 19.8 Å². The highest BCUT2D eigenvalue weighted by Crippen LogP contribution is 2.29. The van der Waals surface area contributed by atoms with Gasteiger partial charge in [0.25, 0.3) is 6.29 Å². The molecule has 184 valence electrons. The number of primary amides is 1. The third kappa shape index (κ3) is 6.52. The van der Waals surface area contributed by atoms with E-state index < -0.39 is 24.3 Å². The Morgan fingerprint density at radius 3 is 2.35 bits per heavy atom. The first-order valence-corrected chi connectivity index (χ1v) is 11.6. The van der Waals surface area contributed by atoms with E-state index in [2.05, 4.69) is 5.32 Å². The molecule has 1 saturated heterocycles. The van der Waals surface area contributed by atoms with Crippen LogP contribution in [0, 0.1) is 5.92 Å². The van der Waals surface area contributed by atoms with Crippen LogP contribution in [-0.2, 0) is 6.54 Å². The van der Waals surface area contributed by atoms with E-state index in [1.165, 1.54) is 10.2 Å². The molecule has 2 aromatic carbocycles. The third-order valence-corrected chi connectivity index (χ3v) is 5.76. The largest absolute Gasteiger partial charge is 0.489 e. The van der Waals surface area contributed by atoms with Gasteiger partial charge in [-0.2, -0.15) is 0 Å². The van der Waals surface area contributed by atoms with Gasteiger partial charge in [0.15, 0.2) is 0 Å². The maximum Gasteiger partial charge on any atom is 0.427 e. The van der Waals surface area contributed by atoms with Crippen molar-refractivity contribution in [1.82, 2.24) is 9.80 Å². The second-order valence-electron chi connectivity index (χ2n) is 8.28. The van der Waals surface area contributed by atoms with Crippen LogP contribution in [-0.4, -0.2) is 64.2 Å². The van der Waals surface area contributed by atoms with Crippen LogP contribution in [0.25, 0.3) is 0 Å². The number of anilines is 1. The zero-order valence-corrected chi connectivity index (χ0v) is 20.5. The number of carbonyl (C=O) groups is 2. The Kier molecular flexibility index (Phi) is 8.98. The number of ether oxygens (including phenoxy) is 1. The first-order valence-electron chi connectivity index (χ1n) is 10.9. The molecule has 1 aliphatic rings. The standard InChI is InChI=1S/C23H28Cl2N4O5/c1-14(2)34-20-8-7-18(9-19(20)25)26-21-27-22(32)29(11-16(12-30)13-31)23(33)28(21)10-15-3-5-17(24)6-4-15/h3-9,14,16,21,26,30-31H,10-13H2,1-2H3,(H,27,32)/p+1. The van der Waals surface area contributed by atoms with Gasteiger partial charge in [0.2, 0.25) is 0 Å². The van der Waals surface area contributed by atoms with Gasteiger partial charge in [-0.15, -0.1) is 0 Å². The molecule has 0 spiro atoms. The van der Waals surface area contributed by atoms with Gasteiger partial charge in [0, 0.05) is 36.4 Å². The van der Waals surface area contributed by atoms with E-state index in [-0.39, 0.29) is 32.4 Å². The molecule has 3 rings (SSSR count). The van der Waals surface area contributed by atoms with Crippen LogP contribution in [0.15, 0.2) is 42.5 Å². The van der Waals surface area contributed by atoms with E-state index in [4.69, 9.17) is 27.9 Å². The van der Waals surface area contributed by atoms with E-state index >= 15 is 0 Å². The molecule has 1 aliphatic heterocycles. The highest BCUT2D eigenvalue weighted by Gasteiger charge is 2.43. The first-order chi connectivity index (χ1) is 16.2. The Balaban J connectivity index is 1.86. The number of quaternary nitrogens is 1. The SMILES string of the molecule is CC(C)Oc1ccc(NC2[NH2+]C(=O)N(CC(CO)CO)C(=O)N2Cc2ccc(Cl)cc2)cc1Cl. The molecule has 0 aromatic heterocycles. The molecule has 11 heteroatoms. The lowest BCUT2D eigenvalue weighted by atomic mass is 10.1. The van der Waals surface area contributed by atoms with Crippen LogP contribution in [0.3, 0.4) is 0 Å². The molecule has 1 fully saturated rings.